The van der Waals surface area contributed by atoms with Crippen molar-refractivity contribution >= 4 is 31.9 Å². The van der Waals surface area contributed by atoms with E-state index in [0.717, 1.165) is 47.2 Å². The normalized spacial score (nSPS) is 16.8. The van der Waals surface area contributed by atoms with E-state index >= 15 is 0 Å². The summed E-state index contributed by atoms with van der Waals surface area (Å²) in [4.78, 5) is 0. The van der Waals surface area contributed by atoms with Gasteiger partial charge in [-0.05, 0) is 62.5 Å². The fourth-order valence-corrected chi connectivity index (χ4v) is 3.46. The van der Waals surface area contributed by atoms with E-state index in [9.17, 15) is 0 Å². The summed E-state index contributed by atoms with van der Waals surface area (Å²) in [5.74, 6) is 0.877. The van der Waals surface area contributed by atoms with Gasteiger partial charge < -0.3 is 15.2 Å². The molecule has 0 aliphatic carbocycles. The lowest BCUT2D eigenvalue weighted by atomic mass is 10.1. The lowest BCUT2D eigenvalue weighted by molar-refractivity contribution is 0.0249. The minimum Gasteiger partial charge on any atom is -0.488 e. The first-order valence-electron chi connectivity index (χ1n) is 6.13. The lowest BCUT2D eigenvalue weighted by Gasteiger charge is -2.24. The molecule has 0 spiro atoms. The summed E-state index contributed by atoms with van der Waals surface area (Å²) in [6, 6.07) is 4.15. The minimum absolute atomic E-state index is 0.242. The third-order valence-electron chi connectivity index (χ3n) is 2.94. The van der Waals surface area contributed by atoms with Crippen LogP contribution in [0.5, 0.6) is 5.75 Å². The van der Waals surface area contributed by atoms with Crippen LogP contribution in [0.2, 0.25) is 0 Å². The van der Waals surface area contributed by atoms with E-state index in [0.29, 0.717) is 6.54 Å². The van der Waals surface area contributed by atoms with Gasteiger partial charge in [0.25, 0.3) is 0 Å². The van der Waals surface area contributed by atoms with Gasteiger partial charge in [-0.25, -0.2) is 0 Å². The van der Waals surface area contributed by atoms with Crippen molar-refractivity contribution < 1.29 is 9.47 Å². The van der Waals surface area contributed by atoms with Gasteiger partial charge in [0, 0.05) is 12.8 Å². The molecule has 0 unspecified atom stereocenters. The molecule has 1 aliphatic rings. The molecular weight excluding hydrogens is 362 g/mol. The van der Waals surface area contributed by atoms with Gasteiger partial charge in [-0.2, -0.15) is 0 Å². The zero-order valence-corrected chi connectivity index (χ0v) is 13.3. The molecule has 2 rings (SSSR count). The van der Waals surface area contributed by atoms with Crippen LogP contribution in [0.1, 0.15) is 18.4 Å². The zero-order chi connectivity index (χ0) is 13.0. The number of rotatable bonds is 4. The Morgan fingerprint density at radius 1 is 1.22 bits per heavy atom. The first kappa shape index (κ1) is 14.3. The van der Waals surface area contributed by atoms with E-state index < -0.39 is 0 Å². The second-order valence-electron chi connectivity index (χ2n) is 4.36. The van der Waals surface area contributed by atoms with Gasteiger partial charge in [0.05, 0.1) is 22.2 Å². The fraction of sp³-hybridized carbons (Fsp3) is 0.538. The van der Waals surface area contributed by atoms with E-state index in [4.69, 9.17) is 15.2 Å². The second kappa shape index (κ2) is 6.89. The summed E-state index contributed by atoms with van der Waals surface area (Å²) in [6.45, 7) is 2.22. The third kappa shape index (κ3) is 3.70. The van der Waals surface area contributed by atoms with Crippen LogP contribution in [-0.2, 0) is 11.2 Å². The molecule has 1 aromatic carbocycles. The molecule has 0 radical (unpaired) electrons. The van der Waals surface area contributed by atoms with Crippen LogP contribution in [0, 0.1) is 0 Å². The summed E-state index contributed by atoms with van der Waals surface area (Å²) in [7, 11) is 0. The smallest absolute Gasteiger partial charge is 0.148 e. The van der Waals surface area contributed by atoms with Crippen LogP contribution in [0.3, 0.4) is 0 Å². The van der Waals surface area contributed by atoms with Crippen molar-refractivity contribution in [1.82, 2.24) is 0 Å². The molecule has 1 fully saturated rings. The zero-order valence-electron chi connectivity index (χ0n) is 10.1. The summed E-state index contributed by atoms with van der Waals surface area (Å²) in [6.07, 6.45) is 3.01. The highest BCUT2D eigenvalue weighted by atomic mass is 79.9. The molecule has 0 aromatic heterocycles. The van der Waals surface area contributed by atoms with Gasteiger partial charge in [0.1, 0.15) is 11.9 Å². The second-order valence-corrected chi connectivity index (χ2v) is 6.07. The maximum Gasteiger partial charge on any atom is 0.148 e. The number of hydrogen-bond acceptors (Lipinski definition) is 3. The molecule has 0 saturated carbocycles. The largest absolute Gasteiger partial charge is 0.488 e. The van der Waals surface area contributed by atoms with Crippen LogP contribution in [-0.4, -0.2) is 25.9 Å². The molecule has 1 aromatic rings. The van der Waals surface area contributed by atoms with Gasteiger partial charge in [-0.3, -0.25) is 0 Å². The average molecular weight is 379 g/mol. The summed E-state index contributed by atoms with van der Waals surface area (Å²) in [5, 5.41) is 0. The Hall–Kier alpha value is -0.100. The van der Waals surface area contributed by atoms with Crippen molar-refractivity contribution in [3.05, 3.63) is 26.6 Å². The first-order chi connectivity index (χ1) is 8.70. The van der Waals surface area contributed by atoms with Crippen molar-refractivity contribution in [2.75, 3.05) is 19.8 Å². The highest BCUT2D eigenvalue weighted by molar-refractivity contribution is 9.11. The lowest BCUT2D eigenvalue weighted by Crippen LogP contribution is -2.26. The summed E-state index contributed by atoms with van der Waals surface area (Å²) in [5.41, 5.74) is 6.78. The van der Waals surface area contributed by atoms with Crippen molar-refractivity contribution in [2.24, 2.45) is 5.73 Å². The highest BCUT2D eigenvalue weighted by Gasteiger charge is 2.18. The van der Waals surface area contributed by atoms with Crippen molar-refractivity contribution in [2.45, 2.75) is 25.4 Å². The predicted octanol–water partition coefficient (Wildman–Crippen LogP) is 3.27. The molecule has 1 heterocycles. The monoisotopic (exact) mass is 377 g/mol. The Kier molecular flexibility index (Phi) is 5.48. The number of halogens is 2. The molecule has 5 heteroatoms. The Morgan fingerprint density at radius 3 is 2.39 bits per heavy atom. The Labute approximate surface area is 124 Å². The van der Waals surface area contributed by atoms with Gasteiger partial charge >= 0.3 is 0 Å². The number of benzene rings is 1. The number of ether oxygens (including phenoxy) is 2. The van der Waals surface area contributed by atoms with Crippen LogP contribution in [0.25, 0.3) is 0 Å². The van der Waals surface area contributed by atoms with Gasteiger partial charge in [-0.1, -0.05) is 0 Å². The molecule has 100 valence electrons. The van der Waals surface area contributed by atoms with E-state index in [-0.39, 0.29) is 6.10 Å². The highest BCUT2D eigenvalue weighted by Crippen LogP contribution is 2.36. The maximum atomic E-state index is 6.04. The van der Waals surface area contributed by atoms with Crippen LogP contribution in [0.15, 0.2) is 21.1 Å². The molecule has 18 heavy (non-hydrogen) atoms. The van der Waals surface area contributed by atoms with Crippen molar-refractivity contribution in [1.29, 1.82) is 0 Å². The quantitative estimate of drug-likeness (QED) is 0.874. The van der Waals surface area contributed by atoms with Gasteiger partial charge in [-0.15, -0.1) is 0 Å². The van der Waals surface area contributed by atoms with Crippen molar-refractivity contribution in [3.63, 3.8) is 0 Å². The van der Waals surface area contributed by atoms with E-state index in [1.165, 1.54) is 5.56 Å². The average Bonchev–Trinajstić information content (AvgIpc) is 2.36. The Balaban J connectivity index is 2.11. The van der Waals surface area contributed by atoms with Crippen LogP contribution in [0.4, 0.5) is 0 Å². The Bertz CT molecular complexity index is 383. The van der Waals surface area contributed by atoms with E-state index in [1.807, 2.05) is 0 Å². The summed E-state index contributed by atoms with van der Waals surface area (Å²) >= 11 is 7.14. The molecule has 0 amide bonds. The van der Waals surface area contributed by atoms with E-state index in [2.05, 4.69) is 44.0 Å². The topological polar surface area (TPSA) is 44.5 Å². The molecule has 1 saturated heterocycles. The minimum atomic E-state index is 0.242. The third-order valence-corrected chi connectivity index (χ3v) is 4.12. The summed E-state index contributed by atoms with van der Waals surface area (Å²) < 4.78 is 13.3. The van der Waals surface area contributed by atoms with E-state index in [1.54, 1.807) is 0 Å². The van der Waals surface area contributed by atoms with Gasteiger partial charge in [0.15, 0.2) is 0 Å². The molecular formula is C13H17Br2NO2. The molecule has 1 aliphatic heterocycles. The molecule has 3 nitrogen and oxygen atoms in total. The van der Waals surface area contributed by atoms with Crippen LogP contribution >= 0.6 is 31.9 Å². The SMILES string of the molecule is NCCc1cc(Br)c(OC2CCOCC2)c(Br)c1. The number of nitrogens with two attached hydrogens (primary N) is 1. The van der Waals surface area contributed by atoms with Crippen molar-refractivity contribution in [3.8, 4) is 5.75 Å². The standard InChI is InChI=1S/C13H17Br2NO2/c14-11-7-9(1-4-16)8-12(15)13(11)18-10-2-5-17-6-3-10/h7-8,10H,1-6,16H2. The number of hydrogen-bond donors (Lipinski definition) is 1. The molecule has 2 N–H and O–H groups in total. The van der Waals surface area contributed by atoms with Crippen LogP contribution < -0.4 is 10.5 Å². The Morgan fingerprint density at radius 2 is 1.83 bits per heavy atom. The maximum absolute atomic E-state index is 6.04. The first-order valence-corrected chi connectivity index (χ1v) is 7.71. The predicted molar refractivity (Wildman–Crippen MR) is 79.1 cm³/mol. The molecule has 0 bridgehead atoms. The van der Waals surface area contributed by atoms with Gasteiger partial charge in [0.2, 0.25) is 0 Å². The molecule has 0 atom stereocenters. The fourth-order valence-electron chi connectivity index (χ4n) is 2.00.